The molecule has 6 heterocycles. The van der Waals surface area contributed by atoms with Crippen molar-refractivity contribution in [3.05, 3.63) is 118 Å². The SMILES string of the molecule is C1=Cc2cc3ccc(cc4ccc(cc5nc(cc1n2)C=C5)[nH]4)[nH]3.O=c1ccc2ccccc2o1.[Zn]. The zero-order valence-electron chi connectivity index (χ0n) is 19.3. The van der Waals surface area contributed by atoms with E-state index in [0.717, 1.165) is 50.2 Å². The molecule has 2 aliphatic heterocycles. The molecule has 0 saturated heterocycles. The fraction of sp³-hybridized carbons (Fsp3) is 0. The van der Waals surface area contributed by atoms with Gasteiger partial charge in [0.25, 0.3) is 0 Å². The molecule has 0 amide bonds. The van der Waals surface area contributed by atoms with Crippen LogP contribution in [0, 0.1) is 0 Å². The topological polar surface area (TPSA) is 87.6 Å². The third-order valence-corrected chi connectivity index (χ3v) is 5.57. The van der Waals surface area contributed by atoms with Gasteiger partial charge in [-0.15, -0.1) is 0 Å². The summed E-state index contributed by atoms with van der Waals surface area (Å²) >= 11 is 0. The van der Waals surface area contributed by atoms with E-state index in [-0.39, 0.29) is 25.1 Å². The molecule has 6 nitrogen and oxygen atoms in total. The number of benzene rings is 1. The number of aromatic nitrogens is 4. The molecular formula is C29H20N4O2Zn. The van der Waals surface area contributed by atoms with Gasteiger partial charge in [0.15, 0.2) is 0 Å². The second-order valence-electron chi connectivity index (χ2n) is 8.20. The summed E-state index contributed by atoms with van der Waals surface area (Å²) < 4.78 is 4.91. The number of H-pyrrole nitrogens is 2. The zero-order chi connectivity index (χ0) is 23.6. The van der Waals surface area contributed by atoms with Crippen LogP contribution < -0.4 is 5.63 Å². The third-order valence-electron chi connectivity index (χ3n) is 5.57. The van der Waals surface area contributed by atoms with Crippen LogP contribution in [0.25, 0.3) is 57.3 Å². The predicted octanol–water partition coefficient (Wildman–Crippen LogP) is 6.45. The van der Waals surface area contributed by atoms with E-state index in [1.807, 2.05) is 60.7 Å². The maximum atomic E-state index is 10.7. The zero-order valence-corrected chi connectivity index (χ0v) is 22.3. The van der Waals surface area contributed by atoms with Crippen LogP contribution in [0.1, 0.15) is 22.8 Å². The van der Waals surface area contributed by atoms with Gasteiger partial charge < -0.3 is 14.4 Å². The van der Waals surface area contributed by atoms with Crippen LogP contribution in [-0.4, -0.2) is 19.9 Å². The van der Waals surface area contributed by atoms with E-state index in [0.29, 0.717) is 5.58 Å². The average molecular weight is 522 g/mol. The summed E-state index contributed by atoms with van der Waals surface area (Å²) in [7, 11) is 0. The van der Waals surface area contributed by atoms with Crippen LogP contribution in [0.4, 0.5) is 0 Å². The van der Waals surface area contributed by atoms with Crippen LogP contribution in [0.5, 0.6) is 0 Å². The Labute approximate surface area is 218 Å². The Morgan fingerprint density at radius 2 is 1.06 bits per heavy atom. The van der Waals surface area contributed by atoms with Gasteiger partial charge in [0.05, 0.1) is 22.8 Å². The van der Waals surface area contributed by atoms with Gasteiger partial charge in [0, 0.05) is 53.0 Å². The van der Waals surface area contributed by atoms with Crippen molar-refractivity contribution in [2.24, 2.45) is 0 Å². The Balaban J connectivity index is 0.000000188. The normalized spacial score (nSPS) is 11.6. The summed E-state index contributed by atoms with van der Waals surface area (Å²) in [5.74, 6) is 0. The molecule has 0 aliphatic carbocycles. The molecule has 4 aromatic heterocycles. The van der Waals surface area contributed by atoms with Crippen molar-refractivity contribution in [2.75, 3.05) is 0 Å². The van der Waals surface area contributed by atoms with Crippen molar-refractivity contribution in [1.29, 1.82) is 0 Å². The van der Waals surface area contributed by atoms with Gasteiger partial charge in [0.2, 0.25) is 0 Å². The minimum Gasteiger partial charge on any atom is -0.423 e. The fourth-order valence-electron chi connectivity index (χ4n) is 3.96. The molecule has 2 N–H and O–H groups in total. The molecule has 8 bridgehead atoms. The summed E-state index contributed by atoms with van der Waals surface area (Å²) in [6.07, 6.45) is 8.05. The van der Waals surface area contributed by atoms with E-state index < -0.39 is 0 Å². The largest absolute Gasteiger partial charge is 0.423 e. The van der Waals surface area contributed by atoms with Crippen molar-refractivity contribution in [3.63, 3.8) is 0 Å². The number of fused-ring (bicyclic) bond motifs is 9. The number of aromatic amines is 2. The van der Waals surface area contributed by atoms with Gasteiger partial charge >= 0.3 is 5.63 Å². The van der Waals surface area contributed by atoms with Gasteiger partial charge in [-0.1, -0.05) is 18.2 Å². The molecule has 170 valence electrons. The van der Waals surface area contributed by atoms with E-state index in [1.54, 1.807) is 12.1 Å². The van der Waals surface area contributed by atoms with Crippen molar-refractivity contribution >= 4 is 57.3 Å². The summed E-state index contributed by atoms with van der Waals surface area (Å²) in [5, 5.41) is 0.951. The van der Waals surface area contributed by atoms with Gasteiger partial charge in [-0.3, -0.25) is 0 Å². The first-order chi connectivity index (χ1) is 17.2. The molecule has 36 heavy (non-hydrogen) atoms. The molecule has 2 aliphatic rings. The van der Waals surface area contributed by atoms with Crippen LogP contribution in [0.3, 0.4) is 0 Å². The summed E-state index contributed by atoms with van der Waals surface area (Å²) in [6, 6.07) is 27.0. The monoisotopic (exact) mass is 520 g/mol. The van der Waals surface area contributed by atoms with E-state index in [1.165, 1.54) is 6.07 Å². The van der Waals surface area contributed by atoms with Crippen LogP contribution in [0.15, 0.2) is 94.1 Å². The standard InChI is InChI=1S/C20H14N4.C9H6O2.Zn/c1-2-14-10-16-5-6-18(23-16)12-20-8-7-19(24-20)11-17-4-3-15(22-17)9-13(1)21-14;10-9-6-5-7-3-1-2-4-8(7)11-9;/h1-12,21-22H;1-6H;. The van der Waals surface area contributed by atoms with Crippen LogP contribution >= 0.6 is 0 Å². The number of hydrogen-bond donors (Lipinski definition) is 2. The van der Waals surface area contributed by atoms with E-state index in [4.69, 9.17) is 4.42 Å². The number of rotatable bonds is 0. The summed E-state index contributed by atoms with van der Waals surface area (Å²) in [6.45, 7) is 0. The predicted molar refractivity (Wildman–Crippen MR) is 141 cm³/mol. The molecule has 0 atom stereocenters. The quantitative estimate of drug-likeness (QED) is 0.177. The van der Waals surface area contributed by atoms with Gasteiger partial charge in [0.1, 0.15) is 5.58 Å². The number of hydrogen-bond acceptors (Lipinski definition) is 4. The first kappa shape index (κ1) is 23.4. The van der Waals surface area contributed by atoms with Crippen LogP contribution in [0.2, 0.25) is 0 Å². The smallest absolute Gasteiger partial charge is 0.336 e. The van der Waals surface area contributed by atoms with Crippen molar-refractivity contribution < 1.29 is 23.9 Å². The van der Waals surface area contributed by atoms with Crippen molar-refractivity contribution in [1.82, 2.24) is 19.9 Å². The number of nitrogens with zero attached hydrogens (tertiary/aromatic N) is 2. The molecule has 0 fully saturated rings. The molecular weight excluding hydrogens is 502 g/mol. The summed E-state index contributed by atoms with van der Waals surface area (Å²) in [4.78, 5) is 26.7. The third kappa shape index (κ3) is 5.32. The Morgan fingerprint density at radius 3 is 1.64 bits per heavy atom. The van der Waals surface area contributed by atoms with E-state index in [9.17, 15) is 4.79 Å². The molecule has 7 heteroatoms. The summed E-state index contributed by atoms with van der Waals surface area (Å²) in [5.41, 5.74) is 8.20. The van der Waals surface area contributed by atoms with E-state index in [2.05, 4.69) is 50.3 Å². The molecule has 0 unspecified atom stereocenters. The molecule has 0 spiro atoms. The minimum atomic E-state index is -0.302. The second-order valence-corrected chi connectivity index (χ2v) is 8.20. The Bertz CT molecular complexity index is 1750. The maximum absolute atomic E-state index is 10.7. The van der Waals surface area contributed by atoms with Gasteiger partial charge in [-0.2, -0.15) is 0 Å². The first-order valence-corrected chi connectivity index (χ1v) is 11.2. The Morgan fingerprint density at radius 1 is 0.556 bits per heavy atom. The number of nitrogens with one attached hydrogen (secondary N) is 2. The minimum absolute atomic E-state index is 0. The average Bonchev–Trinajstić information content (AvgIpc) is 3.66. The molecule has 7 rings (SSSR count). The molecule has 0 saturated carbocycles. The molecule has 0 radical (unpaired) electrons. The van der Waals surface area contributed by atoms with Gasteiger partial charge in [-0.25, -0.2) is 14.8 Å². The van der Waals surface area contributed by atoms with E-state index >= 15 is 0 Å². The van der Waals surface area contributed by atoms with Crippen LogP contribution in [-0.2, 0) is 19.5 Å². The second kappa shape index (κ2) is 10.1. The molecule has 5 aromatic rings. The Hall–Kier alpha value is -4.35. The van der Waals surface area contributed by atoms with Gasteiger partial charge in [-0.05, 0) is 85.0 Å². The number of para-hydroxylation sites is 1. The maximum Gasteiger partial charge on any atom is 0.336 e. The van der Waals surface area contributed by atoms with Crippen molar-refractivity contribution in [3.8, 4) is 0 Å². The van der Waals surface area contributed by atoms with Crippen molar-refractivity contribution in [2.45, 2.75) is 0 Å². The fourth-order valence-corrected chi connectivity index (χ4v) is 3.96. The molecule has 1 aromatic carbocycles. The Kier molecular flexibility index (Phi) is 6.57. The first-order valence-electron chi connectivity index (χ1n) is 11.2.